The molecule has 0 heterocycles. The molecule has 0 aliphatic heterocycles. The lowest BCUT2D eigenvalue weighted by molar-refractivity contribution is 0.330. The normalized spacial score (nSPS) is 12.7. The van der Waals surface area contributed by atoms with Gasteiger partial charge in [-0.1, -0.05) is 41.5 Å². The molecule has 0 fully saturated rings. The van der Waals surface area contributed by atoms with E-state index in [1.54, 1.807) is 10.4 Å². The number of hydrogen-bond donors (Lipinski definition) is 0. The SMILES string of the molecule is COc1cc(C)c(C(C)C)cc1S(=O)(=O)N(CC(C)C)CC(C)C. The number of sulfonamides is 1. The molecule has 0 aromatic heterocycles. The smallest absolute Gasteiger partial charge is 0.246 e. The molecule has 0 spiro atoms. The fraction of sp³-hybridized carbons (Fsp3) is 0.684. The summed E-state index contributed by atoms with van der Waals surface area (Å²) < 4.78 is 33.6. The lowest BCUT2D eigenvalue weighted by atomic mass is 9.98. The first kappa shape index (κ1) is 21.0. The van der Waals surface area contributed by atoms with Gasteiger partial charge in [-0.25, -0.2) is 8.42 Å². The van der Waals surface area contributed by atoms with Gasteiger partial charge in [0.2, 0.25) is 10.0 Å². The van der Waals surface area contributed by atoms with Crippen molar-refractivity contribution in [2.24, 2.45) is 11.8 Å². The van der Waals surface area contributed by atoms with Gasteiger partial charge in [0.25, 0.3) is 0 Å². The van der Waals surface area contributed by atoms with Gasteiger partial charge in [-0.3, -0.25) is 0 Å². The molecular weight excluding hydrogens is 322 g/mol. The topological polar surface area (TPSA) is 46.6 Å². The third kappa shape index (κ3) is 4.96. The molecule has 0 aliphatic carbocycles. The molecule has 0 unspecified atom stereocenters. The van der Waals surface area contributed by atoms with E-state index in [2.05, 4.69) is 13.8 Å². The first-order chi connectivity index (χ1) is 11.0. The molecule has 0 radical (unpaired) electrons. The van der Waals surface area contributed by atoms with Gasteiger partial charge in [0.15, 0.2) is 0 Å². The van der Waals surface area contributed by atoms with E-state index in [0.717, 1.165) is 11.1 Å². The summed E-state index contributed by atoms with van der Waals surface area (Å²) >= 11 is 0. The Morgan fingerprint density at radius 3 is 1.88 bits per heavy atom. The summed E-state index contributed by atoms with van der Waals surface area (Å²) in [5.74, 6) is 1.21. The predicted octanol–water partition coefficient (Wildman–Crippen LogP) is 4.43. The van der Waals surface area contributed by atoms with Gasteiger partial charge in [-0.05, 0) is 47.9 Å². The van der Waals surface area contributed by atoms with Crippen LogP contribution in [0.15, 0.2) is 17.0 Å². The van der Waals surface area contributed by atoms with Crippen molar-refractivity contribution in [3.8, 4) is 5.75 Å². The molecule has 1 aromatic carbocycles. The number of hydrogen-bond acceptors (Lipinski definition) is 3. The average molecular weight is 356 g/mol. The van der Waals surface area contributed by atoms with E-state index < -0.39 is 10.0 Å². The summed E-state index contributed by atoms with van der Waals surface area (Å²) in [4.78, 5) is 0.278. The van der Waals surface area contributed by atoms with E-state index in [-0.39, 0.29) is 22.6 Å². The van der Waals surface area contributed by atoms with Crippen LogP contribution < -0.4 is 4.74 Å². The quantitative estimate of drug-likeness (QED) is 0.693. The second kappa shape index (κ2) is 8.34. The number of methoxy groups -OCH3 is 1. The van der Waals surface area contributed by atoms with Crippen molar-refractivity contribution in [3.05, 3.63) is 23.3 Å². The summed E-state index contributed by atoms with van der Waals surface area (Å²) in [6.07, 6.45) is 0. The Morgan fingerprint density at radius 1 is 1.00 bits per heavy atom. The van der Waals surface area contributed by atoms with E-state index in [0.29, 0.717) is 18.8 Å². The van der Waals surface area contributed by atoms with E-state index in [1.807, 2.05) is 40.7 Å². The number of aryl methyl sites for hydroxylation is 1. The van der Waals surface area contributed by atoms with E-state index in [1.165, 1.54) is 7.11 Å². The van der Waals surface area contributed by atoms with Crippen molar-refractivity contribution in [1.82, 2.24) is 4.31 Å². The molecule has 5 heteroatoms. The average Bonchev–Trinajstić information content (AvgIpc) is 2.44. The predicted molar refractivity (Wildman–Crippen MR) is 100 cm³/mol. The zero-order chi connectivity index (χ0) is 18.7. The van der Waals surface area contributed by atoms with Gasteiger partial charge < -0.3 is 4.74 Å². The fourth-order valence-corrected chi connectivity index (χ4v) is 4.82. The monoisotopic (exact) mass is 355 g/mol. The van der Waals surface area contributed by atoms with Crippen LogP contribution in [0.2, 0.25) is 0 Å². The Morgan fingerprint density at radius 2 is 1.50 bits per heavy atom. The molecule has 4 nitrogen and oxygen atoms in total. The summed E-state index contributed by atoms with van der Waals surface area (Å²) in [5.41, 5.74) is 2.10. The van der Waals surface area contributed by atoms with Gasteiger partial charge in [-0.15, -0.1) is 0 Å². The number of rotatable bonds is 8. The van der Waals surface area contributed by atoms with Crippen molar-refractivity contribution >= 4 is 10.0 Å². The number of ether oxygens (including phenoxy) is 1. The maximum atomic E-state index is 13.3. The van der Waals surface area contributed by atoms with E-state index >= 15 is 0 Å². The van der Waals surface area contributed by atoms with Crippen molar-refractivity contribution in [2.75, 3.05) is 20.2 Å². The Balaban J connectivity index is 3.50. The molecule has 0 saturated heterocycles. The highest BCUT2D eigenvalue weighted by atomic mass is 32.2. The molecule has 0 N–H and O–H groups in total. The van der Waals surface area contributed by atoms with Crippen LogP contribution in [0.25, 0.3) is 0 Å². The second-order valence-corrected chi connectivity index (χ2v) is 9.53. The van der Waals surface area contributed by atoms with E-state index in [4.69, 9.17) is 4.74 Å². The first-order valence-corrected chi connectivity index (χ1v) is 10.1. The largest absolute Gasteiger partial charge is 0.495 e. The number of benzene rings is 1. The van der Waals surface area contributed by atoms with Crippen LogP contribution in [-0.4, -0.2) is 32.9 Å². The molecular formula is C19H33NO3S. The van der Waals surface area contributed by atoms with Crippen LogP contribution >= 0.6 is 0 Å². The molecule has 0 saturated carbocycles. The molecule has 138 valence electrons. The van der Waals surface area contributed by atoms with Crippen molar-refractivity contribution in [2.45, 2.75) is 59.3 Å². The third-order valence-electron chi connectivity index (χ3n) is 3.93. The summed E-state index contributed by atoms with van der Waals surface area (Å²) in [5, 5.41) is 0. The lowest BCUT2D eigenvalue weighted by Crippen LogP contribution is -2.37. The Hall–Kier alpha value is -1.07. The molecule has 0 aliphatic rings. The lowest BCUT2D eigenvalue weighted by Gasteiger charge is -2.27. The maximum Gasteiger partial charge on any atom is 0.246 e. The van der Waals surface area contributed by atoms with Crippen LogP contribution in [0.5, 0.6) is 5.75 Å². The molecule has 0 atom stereocenters. The van der Waals surface area contributed by atoms with Gasteiger partial charge in [-0.2, -0.15) is 4.31 Å². The van der Waals surface area contributed by atoms with Gasteiger partial charge in [0.05, 0.1) is 7.11 Å². The van der Waals surface area contributed by atoms with Crippen LogP contribution in [0.3, 0.4) is 0 Å². The molecule has 0 amide bonds. The minimum absolute atomic E-state index is 0.258. The van der Waals surface area contributed by atoms with Crippen molar-refractivity contribution in [1.29, 1.82) is 0 Å². The minimum atomic E-state index is -3.60. The van der Waals surface area contributed by atoms with E-state index in [9.17, 15) is 8.42 Å². The zero-order valence-electron chi connectivity index (χ0n) is 16.4. The van der Waals surface area contributed by atoms with Crippen LogP contribution in [0.4, 0.5) is 0 Å². The molecule has 1 rings (SSSR count). The highest BCUT2D eigenvalue weighted by Crippen LogP contribution is 2.33. The minimum Gasteiger partial charge on any atom is -0.495 e. The summed E-state index contributed by atoms with van der Waals surface area (Å²) in [7, 11) is -2.07. The Kier molecular flexibility index (Phi) is 7.29. The summed E-state index contributed by atoms with van der Waals surface area (Å²) in [6.45, 7) is 15.3. The highest BCUT2D eigenvalue weighted by Gasteiger charge is 2.30. The second-order valence-electron chi connectivity index (χ2n) is 7.62. The zero-order valence-corrected chi connectivity index (χ0v) is 17.2. The first-order valence-electron chi connectivity index (χ1n) is 8.69. The van der Waals surface area contributed by atoms with Gasteiger partial charge in [0.1, 0.15) is 10.6 Å². The Labute approximate surface area is 148 Å². The molecule has 24 heavy (non-hydrogen) atoms. The highest BCUT2D eigenvalue weighted by molar-refractivity contribution is 7.89. The maximum absolute atomic E-state index is 13.3. The fourth-order valence-electron chi connectivity index (χ4n) is 2.88. The van der Waals surface area contributed by atoms with Gasteiger partial charge in [0, 0.05) is 13.1 Å². The molecule has 0 bridgehead atoms. The van der Waals surface area contributed by atoms with Crippen LogP contribution in [-0.2, 0) is 10.0 Å². The van der Waals surface area contributed by atoms with Gasteiger partial charge >= 0.3 is 0 Å². The number of nitrogens with zero attached hydrogens (tertiary/aromatic N) is 1. The summed E-state index contributed by atoms with van der Waals surface area (Å²) in [6, 6.07) is 3.63. The third-order valence-corrected chi connectivity index (χ3v) is 5.78. The standard InChI is InChI=1S/C19H33NO3S/c1-13(2)11-20(12-14(3)4)24(21,22)19-10-17(15(5)6)16(7)9-18(19)23-8/h9-10,13-15H,11-12H2,1-8H3. The van der Waals surface area contributed by atoms with Crippen LogP contribution in [0, 0.1) is 18.8 Å². The van der Waals surface area contributed by atoms with Crippen LogP contribution in [0.1, 0.15) is 58.6 Å². The van der Waals surface area contributed by atoms with Crippen molar-refractivity contribution in [3.63, 3.8) is 0 Å². The van der Waals surface area contributed by atoms with Crippen molar-refractivity contribution < 1.29 is 13.2 Å². The Bertz CT molecular complexity index is 639. The molecule has 1 aromatic rings.